The highest BCUT2D eigenvalue weighted by Gasteiger charge is 2.27. The molecule has 0 amide bonds. The van der Waals surface area contributed by atoms with E-state index in [9.17, 15) is 4.57 Å². The van der Waals surface area contributed by atoms with E-state index in [1.54, 1.807) is 0 Å². The van der Waals surface area contributed by atoms with Crippen LogP contribution in [0.5, 0.6) is 0 Å². The Morgan fingerprint density at radius 3 is 1.87 bits per heavy atom. The van der Waals surface area contributed by atoms with Crippen molar-refractivity contribution in [2.45, 2.75) is 38.5 Å². The second kappa shape index (κ2) is 4.75. The van der Waals surface area contributed by atoms with Gasteiger partial charge in [0.05, 0.1) is 15.5 Å². The Bertz CT molecular complexity index is 319. The van der Waals surface area contributed by atoms with Crippen molar-refractivity contribution in [3.05, 3.63) is 23.7 Å². The highest BCUT2D eigenvalue weighted by atomic mass is 79.9. The summed E-state index contributed by atoms with van der Waals surface area (Å²) in [6.45, 7) is 0. The standard InChI is InChI=1S/C10H14BrO3P/c11-15(12,13-9-5-1-2-6-9)14-10-7-3-4-8-10/h5,7H,1-4,6,8H2. The lowest BCUT2D eigenvalue weighted by atomic mass is 10.4. The largest absolute Gasteiger partial charge is 0.498 e. The maximum Gasteiger partial charge on any atom is 0.498 e. The highest BCUT2D eigenvalue weighted by molar-refractivity contribution is 9.39. The Morgan fingerprint density at radius 1 is 1.07 bits per heavy atom. The lowest BCUT2D eigenvalue weighted by Crippen LogP contribution is -1.89. The van der Waals surface area contributed by atoms with Crippen LogP contribution in [0.2, 0.25) is 0 Å². The molecule has 0 aromatic rings. The zero-order chi connectivity index (χ0) is 10.7. The molecule has 3 nitrogen and oxygen atoms in total. The van der Waals surface area contributed by atoms with E-state index in [1.165, 1.54) is 0 Å². The van der Waals surface area contributed by atoms with Crippen LogP contribution in [0.15, 0.2) is 23.7 Å². The number of rotatable bonds is 4. The fourth-order valence-corrected chi connectivity index (χ4v) is 3.79. The molecular formula is C10H14BrO3P. The first kappa shape index (κ1) is 11.3. The molecule has 2 rings (SSSR count). The molecule has 0 aliphatic heterocycles. The summed E-state index contributed by atoms with van der Waals surface area (Å²) in [5.41, 5.74) is 0. The van der Waals surface area contributed by atoms with Crippen LogP contribution in [0.1, 0.15) is 38.5 Å². The molecule has 15 heavy (non-hydrogen) atoms. The fourth-order valence-electron chi connectivity index (χ4n) is 1.75. The summed E-state index contributed by atoms with van der Waals surface area (Å²) in [6, 6.07) is 0. The van der Waals surface area contributed by atoms with Crippen molar-refractivity contribution in [3.8, 4) is 0 Å². The molecule has 0 heterocycles. The molecule has 0 fully saturated rings. The highest BCUT2D eigenvalue weighted by Crippen LogP contribution is 2.60. The monoisotopic (exact) mass is 292 g/mol. The van der Waals surface area contributed by atoms with Crippen LogP contribution in [-0.2, 0) is 13.6 Å². The van der Waals surface area contributed by atoms with Crippen LogP contribution < -0.4 is 0 Å². The average molecular weight is 293 g/mol. The summed E-state index contributed by atoms with van der Waals surface area (Å²) >= 11 is 3.03. The van der Waals surface area contributed by atoms with Gasteiger partial charge in [-0.1, -0.05) is 0 Å². The van der Waals surface area contributed by atoms with Crippen LogP contribution in [0.4, 0.5) is 0 Å². The number of allylic oxidation sites excluding steroid dienone is 4. The van der Waals surface area contributed by atoms with Crippen LogP contribution >= 0.6 is 21.8 Å². The zero-order valence-electron chi connectivity index (χ0n) is 8.45. The van der Waals surface area contributed by atoms with Crippen molar-refractivity contribution >= 4 is 21.8 Å². The number of halogens is 1. The quantitative estimate of drug-likeness (QED) is 0.707. The van der Waals surface area contributed by atoms with E-state index < -0.39 is 6.30 Å². The lowest BCUT2D eigenvalue weighted by Gasteiger charge is -2.15. The van der Waals surface area contributed by atoms with E-state index in [2.05, 4.69) is 15.5 Å². The molecule has 0 unspecified atom stereocenters. The summed E-state index contributed by atoms with van der Waals surface area (Å²) in [5.74, 6) is 1.57. The van der Waals surface area contributed by atoms with Gasteiger partial charge >= 0.3 is 6.30 Å². The van der Waals surface area contributed by atoms with Crippen molar-refractivity contribution < 1.29 is 13.6 Å². The molecule has 2 aliphatic rings. The SMILES string of the molecule is O=P(Br)(OC1=CCCC1)OC1=CCCC1. The van der Waals surface area contributed by atoms with Crippen molar-refractivity contribution in [1.29, 1.82) is 0 Å². The lowest BCUT2D eigenvalue weighted by molar-refractivity contribution is 0.301. The maximum absolute atomic E-state index is 11.9. The van der Waals surface area contributed by atoms with Gasteiger partial charge in [0.2, 0.25) is 0 Å². The average Bonchev–Trinajstić information content (AvgIpc) is 2.75. The first-order valence-corrected chi connectivity index (χ1v) is 8.79. The molecule has 0 saturated carbocycles. The van der Waals surface area contributed by atoms with Gasteiger partial charge in [0.1, 0.15) is 11.5 Å². The third-order valence-electron chi connectivity index (χ3n) is 2.45. The summed E-state index contributed by atoms with van der Waals surface area (Å²) in [5, 5.41) is 0. The summed E-state index contributed by atoms with van der Waals surface area (Å²) < 4.78 is 22.6. The smallest absolute Gasteiger partial charge is 0.413 e. The van der Waals surface area contributed by atoms with Gasteiger partial charge < -0.3 is 9.05 Å². The summed E-state index contributed by atoms with van der Waals surface area (Å²) in [4.78, 5) is 0. The van der Waals surface area contributed by atoms with Crippen molar-refractivity contribution in [3.63, 3.8) is 0 Å². The third kappa shape index (κ3) is 3.39. The Morgan fingerprint density at radius 2 is 1.53 bits per heavy atom. The van der Waals surface area contributed by atoms with Crippen LogP contribution in [0.25, 0.3) is 0 Å². The molecule has 2 aliphatic carbocycles. The first-order chi connectivity index (χ1) is 7.16. The number of hydrogen-bond donors (Lipinski definition) is 0. The molecule has 0 spiro atoms. The predicted octanol–water partition coefficient (Wildman–Crippen LogP) is 4.66. The second-order valence-electron chi connectivity index (χ2n) is 3.74. The van der Waals surface area contributed by atoms with Gasteiger partial charge in [-0.15, -0.1) is 0 Å². The minimum absolute atomic E-state index is 0.786. The molecule has 84 valence electrons. The van der Waals surface area contributed by atoms with Gasteiger partial charge in [-0.05, 0) is 37.8 Å². The molecule has 5 heteroatoms. The summed E-state index contributed by atoms with van der Waals surface area (Å²) in [6.07, 6.45) is 6.71. The first-order valence-electron chi connectivity index (χ1n) is 5.23. The molecule has 0 bridgehead atoms. The molecule has 0 saturated heterocycles. The predicted molar refractivity (Wildman–Crippen MR) is 62.6 cm³/mol. The van der Waals surface area contributed by atoms with Gasteiger partial charge in [-0.25, -0.2) is 4.57 Å². The normalized spacial score (nSPS) is 21.1. The van der Waals surface area contributed by atoms with Gasteiger partial charge in [-0.3, -0.25) is 0 Å². The minimum Gasteiger partial charge on any atom is -0.413 e. The van der Waals surface area contributed by atoms with Gasteiger partial charge in [0.25, 0.3) is 0 Å². The van der Waals surface area contributed by atoms with E-state index in [-0.39, 0.29) is 0 Å². The molecular weight excluding hydrogens is 279 g/mol. The molecule has 0 aromatic carbocycles. The Balaban J connectivity index is 1.91. The van der Waals surface area contributed by atoms with Crippen LogP contribution in [0.3, 0.4) is 0 Å². The van der Waals surface area contributed by atoms with E-state index in [4.69, 9.17) is 9.05 Å². The molecule has 0 radical (unpaired) electrons. The Kier molecular flexibility index (Phi) is 3.57. The number of hydrogen-bond acceptors (Lipinski definition) is 3. The zero-order valence-corrected chi connectivity index (χ0v) is 10.9. The van der Waals surface area contributed by atoms with Crippen molar-refractivity contribution in [1.82, 2.24) is 0 Å². The molecule has 0 N–H and O–H groups in total. The Labute approximate surface area is 97.8 Å². The Hall–Kier alpha value is -0.210. The van der Waals surface area contributed by atoms with Gasteiger partial charge in [0, 0.05) is 12.8 Å². The van der Waals surface area contributed by atoms with Crippen LogP contribution in [0, 0.1) is 0 Å². The third-order valence-corrected chi connectivity index (χ3v) is 4.23. The van der Waals surface area contributed by atoms with Gasteiger partial charge in [-0.2, -0.15) is 0 Å². The fraction of sp³-hybridized carbons (Fsp3) is 0.600. The minimum atomic E-state index is -3.11. The topological polar surface area (TPSA) is 35.5 Å². The van der Waals surface area contributed by atoms with E-state index in [0.29, 0.717) is 0 Å². The maximum atomic E-state index is 11.9. The van der Waals surface area contributed by atoms with Gasteiger partial charge in [0.15, 0.2) is 0 Å². The molecule has 0 atom stereocenters. The summed E-state index contributed by atoms with van der Waals surface area (Å²) in [7, 11) is 0. The van der Waals surface area contributed by atoms with Crippen molar-refractivity contribution in [2.24, 2.45) is 0 Å². The van der Waals surface area contributed by atoms with E-state index >= 15 is 0 Å². The van der Waals surface area contributed by atoms with E-state index in [0.717, 1.165) is 50.0 Å². The second-order valence-corrected chi connectivity index (χ2v) is 7.57. The molecule has 0 aromatic heterocycles. The van der Waals surface area contributed by atoms with E-state index in [1.807, 2.05) is 12.2 Å². The van der Waals surface area contributed by atoms with Crippen molar-refractivity contribution in [2.75, 3.05) is 0 Å². The van der Waals surface area contributed by atoms with Crippen LogP contribution in [-0.4, -0.2) is 0 Å².